The van der Waals surface area contributed by atoms with Crippen LogP contribution in [-0.2, 0) is 26.2 Å². The number of nitrogens with zero attached hydrogens (tertiary/aromatic N) is 5. The van der Waals surface area contributed by atoms with Crippen molar-refractivity contribution < 1.29 is 22.4 Å². The van der Waals surface area contributed by atoms with Crippen LogP contribution in [-0.4, -0.2) is 58.7 Å². The van der Waals surface area contributed by atoms with Crippen LogP contribution >= 0.6 is 0 Å². The van der Waals surface area contributed by atoms with Gasteiger partial charge in [0.15, 0.2) is 6.04 Å². The first-order valence-electron chi connectivity index (χ1n) is 13.9. The molecule has 2 aromatic carbocycles. The zero-order valence-corrected chi connectivity index (χ0v) is 24.0. The van der Waals surface area contributed by atoms with E-state index in [9.17, 15) is 18.0 Å². The third-order valence-electron chi connectivity index (χ3n) is 7.45. The number of hydrogen-bond donors (Lipinski definition) is 1. The Kier molecular flexibility index (Phi) is 8.50. The van der Waals surface area contributed by atoms with Crippen molar-refractivity contribution in [1.29, 1.82) is 0 Å². The van der Waals surface area contributed by atoms with Crippen LogP contribution in [0, 0.1) is 0 Å². The van der Waals surface area contributed by atoms with Crippen molar-refractivity contribution in [3.8, 4) is 0 Å². The molecule has 1 saturated carbocycles. The Hall–Kier alpha value is -4.03. The summed E-state index contributed by atoms with van der Waals surface area (Å²) in [5, 5.41) is 11.4. The molecule has 4 aromatic rings. The molecule has 0 aliphatic heterocycles. The van der Waals surface area contributed by atoms with Crippen LogP contribution in [0.1, 0.15) is 51.3 Å². The molecule has 1 aliphatic rings. The smallest absolute Gasteiger partial charge is 0.251 e. The Morgan fingerprint density at radius 3 is 2.39 bits per heavy atom. The number of carbonyl (C=O) groups excluding carboxylic acids is 2. The molecule has 1 fully saturated rings. The summed E-state index contributed by atoms with van der Waals surface area (Å²) in [6.45, 7) is 4.02. The molecule has 1 atom stereocenters. The van der Waals surface area contributed by atoms with Gasteiger partial charge in [0.05, 0.1) is 16.7 Å². The van der Waals surface area contributed by atoms with Gasteiger partial charge in [-0.05, 0) is 61.4 Å². The van der Waals surface area contributed by atoms with E-state index in [1.54, 1.807) is 44.2 Å². The number of nitrogens with one attached hydrogen (secondary N) is 1. The Labute approximate surface area is 239 Å². The van der Waals surface area contributed by atoms with Crippen LogP contribution < -0.4 is 10.2 Å². The van der Waals surface area contributed by atoms with Crippen molar-refractivity contribution in [2.24, 2.45) is 0 Å². The van der Waals surface area contributed by atoms with E-state index < -0.39 is 22.0 Å². The third kappa shape index (κ3) is 5.89. The highest BCUT2D eigenvalue weighted by Crippen LogP contribution is 2.31. The van der Waals surface area contributed by atoms with E-state index in [-0.39, 0.29) is 29.1 Å². The van der Waals surface area contributed by atoms with E-state index in [4.69, 9.17) is 4.42 Å². The lowest BCUT2D eigenvalue weighted by Crippen LogP contribution is -2.47. The molecule has 2 amide bonds. The lowest BCUT2D eigenvalue weighted by molar-refractivity contribution is -0.127. The number of amides is 2. The van der Waals surface area contributed by atoms with Gasteiger partial charge in [0, 0.05) is 24.8 Å². The summed E-state index contributed by atoms with van der Waals surface area (Å²) in [4.78, 5) is 29.4. The van der Waals surface area contributed by atoms with Crippen molar-refractivity contribution in [3.63, 3.8) is 0 Å². The van der Waals surface area contributed by atoms with Crippen LogP contribution in [0.5, 0.6) is 0 Å². The summed E-state index contributed by atoms with van der Waals surface area (Å²) in [5.74, 6) is -0.524. The van der Waals surface area contributed by atoms with Gasteiger partial charge in [0.25, 0.3) is 5.91 Å². The second kappa shape index (κ2) is 12.2. The fourth-order valence-electron chi connectivity index (χ4n) is 5.34. The molecular formula is C29H34N6O5S. The van der Waals surface area contributed by atoms with Crippen molar-refractivity contribution in [1.82, 2.24) is 24.6 Å². The minimum atomic E-state index is -3.72. The maximum atomic E-state index is 14.1. The van der Waals surface area contributed by atoms with Crippen LogP contribution in [0.25, 0.3) is 11.0 Å². The summed E-state index contributed by atoms with van der Waals surface area (Å²) in [5.41, 5.74) is 1.66. The van der Waals surface area contributed by atoms with E-state index in [1.807, 2.05) is 18.2 Å². The maximum absolute atomic E-state index is 14.1. The molecule has 5 rings (SSSR count). The fraction of sp³-hybridized carbons (Fsp3) is 0.379. The second-order valence-corrected chi connectivity index (χ2v) is 11.9. The third-order valence-corrected chi connectivity index (χ3v) is 9.52. The summed E-state index contributed by atoms with van der Waals surface area (Å²) in [7, 11) is -3.72. The van der Waals surface area contributed by atoms with E-state index in [0.717, 1.165) is 25.7 Å². The Morgan fingerprint density at radius 2 is 1.73 bits per heavy atom. The Bertz CT molecular complexity index is 1590. The largest absolute Gasteiger partial charge is 0.467 e. The van der Waals surface area contributed by atoms with Crippen molar-refractivity contribution >= 4 is 38.6 Å². The molecule has 2 aromatic heterocycles. The first kappa shape index (κ1) is 28.5. The first-order valence-corrected chi connectivity index (χ1v) is 15.3. The molecule has 2 heterocycles. The monoisotopic (exact) mass is 578 g/mol. The summed E-state index contributed by atoms with van der Waals surface area (Å²) in [6.07, 6.45) is 5.25. The number of aromatic nitrogens is 3. The van der Waals surface area contributed by atoms with Gasteiger partial charge in [0.1, 0.15) is 17.8 Å². The second-order valence-electron chi connectivity index (χ2n) is 9.99. The minimum Gasteiger partial charge on any atom is -0.467 e. The van der Waals surface area contributed by atoms with Gasteiger partial charge in [-0.1, -0.05) is 44.0 Å². The average molecular weight is 579 g/mol. The highest BCUT2D eigenvalue weighted by atomic mass is 32.2. The molecule has 1 aliphatic carbocycles. The van der Waals surface area contributed by atoms with Gasteiger partial charge in [0.2, 0.25) is 15.9 Å². The van der Waals surface area contributed by atoms with Gasteiger partial charge in [-0.3, -0.25) is 14.5 Å². The van der Waals surface area contributed by atoms with Gasteiger partial charge in [-0.25, -0.2) is 13.1 Å². The molecule has 0 spiro atoms. The number of carbonyl (C=O) groups is 2. The van der Waals surface area contributed by atoms with E-state index >= 15 is 0 Å². The van der Waals surface area contributed by atoms with Crippen molar-refractivity contribution in [2.45, 2.75) is 63.1 Å². The first-order chi connectivity index (χ1) is 19.8. The number of fused-ring (bicyclic) bond motifs is 1. The predicted molar refractivity (Wildman–Crippen MR) is 153 cm³/mol. The maximum Gasteiger partial charge on any atom is 0.251 e. The van der Waals surface area contributed by atoms with E-state index in [0.29, 0.717) is 29.8 Å². The molecule has 1 unspecified atom stereocenters. The van der Waals surface area contributed by atoms with Crippen molar-refractivity contribution in [3.05, 3.63) is 72.7 Å². The summed E-state index contributed by atoms with van der Waals surface area (Å²) < 4.78 is 34.8. The number of hydrogen-bond acceptors (Lipinski definition) is 7. The quantitative estimate of drug-likeness (QED) is 0.286. The van der Waals surface area contributed by atoms with Crippen LogP contribution in [0.3, 0.4) is 0 Å². The lowest BCUT2D eigenvalue weighted by atomic mass is 10.1. The van der Waals surface area contributed by atoms with Gasteiger partial charge >= 0.3 is 0 Å². The molecule has 11 nitrogen and oxygen atoms in total. The molecular weight excluding hydrogens is 544 g/mol. The molecule has 41 heavy (non-hydrogen) atoms. The zero-order chi connectivity index (χ0) is 29.0. The van der Waals surface area contributed by atoms with Gasteiger partial charge in [-0.2, -0.15) is 4.31 Å². The SMILES string of the molecule is CCN(CC)S(=O)(=O)c1ccc(N(C(=O)Cn2nnc3ccccc32)C(C(=O)NC2CCCC2)c2ccco2)cc1. The molecule has 0 bridgehead atoms. The predicted octanol–water partition coefficient (Wildman–Crippen LogP) is 3.89. The normalized spacial score (nSPS) is 14.9. The average Bonchev–Trinajstić information content (AvgIpc) is 3.76. The van der Waals surface area contributed by atoms with Gasteiger partial charge in [-0.15, -0.1) is 5.10 Å². The fourth-order valence-corrected chi connectivity index (χ4v) is 6.80. The molecule has 1 N–H and O–H groups in total. The highest BCUT2D eigenvalue weighted by molar-refractivity contribution is 7.89. The number of benzene rings is 2. The van der Waals surface area contributed by atoms with Gasteiger partial charge < -0.3 is 9.73 Å². The van der Waals surface area contributed by atoms with Crippen LogP contribution in [0.4, 0.5) is 5.69 Å². The summed E-state index contributed by atoms with van der Waals surface area (Å²) in [6, 6.07) is 15.5. The van der Waals surface area contributed by atoms with Crippen molar-refractivity contribution in [2.75, 3.05) is 18.0 Å². The van der Waals surface area contributed by atoms with Crippen LogP contribution in [0.15, 0.2) is 76.2 Å². The molecule has 216 valence electrons. The molecule has 12 heteroatoms. The molecule has 0 radical (unpaired) electrons. The number of furan rings is 1. The zero-order valence-electron chi connectivity index (χ0n) is 23.1. The van der Waals surface area contributed by atoms with E-state index in [2.05, 4.69) is 15.6 Å². The number of sulfonamides is 1. The highest BCUT2D eigenvalue weighted by Gasteiger charge is 2.37. The number of anilines is 1. The minimum absolute atomic E-state index is 0.0118. The molecule has 0 saturated heterocycles. The Morgan fingerprint density at radius 1 is 1.02 bits per heavy atom. The standard InChI is InChI=1S/C29H34N6O5S/c1-3-33(4-2)41(38,39)23-17-15-22(16-18-23)35(27(36)20-34-25-13-8-7-12-24(25)31-32-34)28(26-14-9-19-40-26)29(37)30-21-10-5-6-11-21/h7-9,12-19,21,28H,3-6,10-11,20H2,1-2H3,(H,30,37). The lowest BCUT2D eigenvalue weighted by Gasteiger charge is -2.31. The van der Waals surface area contributed by atoms with E-state index in [1.165, 1.54) is 32.3 Å². The number of rotatable bonds is 11. The number of para-hydroxylation sites is 1. The Balaban J connectivity index is 1.55. The van der Waals surface area contributed by atoms with Crippen LogP contribution in [0.2, 0.25) is 0 Å². The topological polar surface area (TPSA) is 131 Å². The summed E-state index contributed by atoms with van der Waals surface area (Å²) >= 11 is 0.